The van der Waals surface area contributed by atoms with Gasteiger partial charge in [0.25, 0.3) is 0 Å². The molecular weight excluding hydrogens is 138 g/mol. The molecule has 1 aliphatic heterocycles. The van der Waals surface area contributed by atoms with Gasteiger partial charge in [-0.1, -0.05) is 0 Å². The zero-order chi connectivity index (χ0) is 8.10. The fraction of sp³-hybridized carbons (Fsp3) is 0.750. The Morgan fingerprint density at radius 1 is 1.18 bits per heavy atom. The van der Waals surface area contributed by atoms with Gasteiger partial charge in [-0.15, -0.1) is 0 Å². The number of hydrogen-bond acceptors (Lipinski definition) is 3. The standard InChI is InChI=1S/C8H17N3/c1-9-3-4-11-7-5-10(2)6-8-11/h3-4,9H,5-8H2,1-2H3/b4-3+. The summed E-state index contributed by atoms with van der Waals surface area (Å²) in [5.41, 5.74) is 0. The first kappa shape index (κ1) is 8.40. The molecule has 1 saturated heterocycles. The van der Waals surface area contributed by atoms with Gasteiger partial charge in [-0.05, 0) is 7.05 Å². The van der Waals surface area contributed by atoms with Gasteiger partial charge in [0.15, 0.2) is 0 Å². The molecule has 3 nitrogen and oxygen atoms in total. The van der Waals surface area contributed by atoms with Gasteiger partial charge in [-0.2, -0.15) is 0 Å². The summed E-state index contributed by atoms with van der Waals surface area (Å²) in [5, 5.41) is 2.99. The van der Waals surface area contributed by atoms with Crippen LogP contribution in [0.2, 0.25) is 0 Å². The second-order valence-electron chi connectivity index (χ2n) is 2.94. The summed E-state index contributed by atoms with van der Waals surface area (Å²) in [6.45, 7) is 4.64. The number of nitrogens with one attached hydrogen (secondary N) is 1. The molecule has 0 radical (unpaired) electrons. The number of likely N-dealkylation sites (N-methyl/N-ethyl adjacent to an activating group) is 1. The van der Waals surface area contributed by atoms with E-state index in [0.717, 1.165) is 13.1 Å². The number of nitrogens with zero attached hydrogens (tertiary/aromatic N) is 2. The zero-order valence-electron chi connectivity index (χ0n) is 7.38. The lowest BCUT2D eigenvalue weighted by Gasteiger charge is -2.31. The Morgan fingerprint density at radius 2 is 1.82 bits per heavy atom. The van der Waals surface area contributed by atoms with Gasteiger partial charge < -0.3 is 15.1 Å². The maximum atomic E-state index is 2.99. The van der Waals surface area contributed by atoms with Gasteiger partial charge in [0.1, 0.15) is 0 Å². The largest absolute Gasteiger partial charge is 0.393 e. The van der Waals surface area contributed by atoms with Crippen LogP contribution in [0.4, 0.5) is 0 Å². The lowest BCUT2D eigenvalue weighted by atomic mass is 10.3. The molecule has 0 spiro atoms. The Morgan fingerprint density at radius 3 is 2.36 bits per heavy atom. The van der Waals surface area contributed by atoms with E-state index in [1.54, 1.807) is 0 Å². The number of hydrogen-bond donors (Lipinski definition) is 1. The van der Waals surface area contributed by atoms with Crippen LogP contribution in [0, 0.1) is 0 Å². The third-order valence-electron chi connectivity index (χ3n) is 1.99. The smallest absolute Gasteiger partial charge is 0.0301 e. The topological polar surface area (TPSA) is 18.5 Å². The fourth-order valence-corrected chi connectivity index (χ4v) is 1.15. The maximum absolute atomic E-state index is 2.99. The van der Waals surface area contributed by atoms with Crippen LogP contribution in [0.1, 0.15) is 0 Å². The van der Waals surface area contributed by atoms with Gasteiger partial charge in [-0.25, -0.2) is 0 Å². The molecule has 64 valence electrons. The molecule has 1 heterocycles. The third-order valence-corrected chi connectivity index (χ3v) is 1.99. The summed E-state index contributed by atoms with van der Waals surface area (Å²) in [7, 11) is 4.09. The van der Waals surface area contributed by atoms with Crippen LogP contribution in [-0.4, -0.2) is 50.1 Å². The summed E-state index contributed by atoms with van der Waals surface area (Å²) in [6, 6.07) is 0. The van der Waals surface area contributed by atoms with E-state index < -0.39 is 0 Å². The van der Waals surface area contributed by atoms with Crippen LogP contribution in [0.25, 0.3) is 0 Å². The fourth-order valence-electron chi connectivity index (χ4n) is 1.15. The van der Waals surface area contributed by atoms with Gasteiger partial charge in [0.05, 0.1) is 0 Å². The third kappa shape index (κ3) is 2.80. The Hall–Kier alpha value is -0.700. The van der Waals surface area contributed by atoms with Crippen LogP contribution in [0.3, 0.4) is 0 Å². The van der Waals surface area contributed by atoms with E-state index in [-0.39, 0.29) is 0 Å². The van der Waals surface area contributed by atoms with Crippen molar-refractivity contribution >= 4 is 0 Å². The van der Waals surface area contributed by atoms with Crippen molar-refractivity contribution in [3.8, 4) is 0 Å². The van der Waals surface area contributed by atoms with E-state index >= 15 is 0 Å². The van der Waals surface area contributed by atoms with Crippen molar-refractivity contribution < 1.29 is 0 Å². The van der Waals surface area contributed by atoms with E-state index in [1.165, 1.54) is 13.1 Å². The first-order valence-electron chi connectivity index (χ1n) is 4.09. The van der Waals surface area contributed by atoms with Crippen molar-refractivity contribution in [2.24, 2.45) is 0 Å². The molecule has 1 rings (SSSR count). The van der Waals surface area contributed by atoms with Crippen LogP contribution >= 0.6 is 0 Å². The van der Waals surface area contributed by atoms with Crippen molar-refractivity contribution in [1.82, 2.24) is 15.1 Å². The molecule has 0 aromatic rings. The minimum Gasteiger partial charge on any atom is -0.393 e. The van der Waals surface area contributed by atoms with E-state index in [9.17, 15) is 0 Å². The van der Waals surface area contributed by atoms with Crippen LogP contribution in [-0.2, 0) is 0 Å². The lowest BCUT2D eigenvalue weighted by Crippen LogP contribution is -2.41. The van der Waals surface area contributed by atoms with Crippen LogP contribution < -0.4 is 5.32 Å². The molecule has 0 amide bonds. The van der Waals surface area contributed by atoms with Gasteiger partial charge in [-0.3, -0.25) is 0 Å². The van der Waals surface area contributed by atoms with Crippen LogP contribution in [0.15, 0.2) is 12.4 Å². The van der Waals surface area contributed by atoms with Crippen LogP contribution in [0.5, 0.6) is 0 Å². The molecule has 1 aliphatic rings. The summed E-state index contributed by atoms with van der Waals surface area (Å²) in [6.07, 6.45) is 4.10. The highest BCUT2D eigenvalue weighted by Gasteiger charge is 2.09. The second kappa shape index (κ2) is 4.23. The molecule has 0 bridgehead atoms. The Kier molecular flexibility index (Phi) is 3.23. The predicted octanol–water partition coefficient (Wildman–Crippen LogP) is -0.0756. The molecule has 0 aromatic heterocycles. The van der Waals surface area contributed by atoms with E-state index in [0.29, 0.717) is 0 Å². The minimum atomic E-state index is 1.15. The monoisotopic (exact) mass is 155 g/mol. The molecule has 0 aliphatic carbocycles. The second-order valence-corrected chi connectivity index (χ2v) is 2.94. The van der Waals surface area contributed by atoms with E-state index in [1.807, 2.05) is 13.2 Å². The molecular formula is C8H17N3. The number of rotatable bonds is 2. The van der Waals surface area contributed by atoms with Gasteiger partial charge >= 0.3 is 0 Å². The molecule has 1 fully saturated rings. The molecule has 0 aromatic carbocycles. The maximum Gasteiger partial charge on any atom is 0.0301 e. The SMILES string of the molecule is CN/C=C/N1CCN(C)CC1. The molecule has 3 heteroatoms. The van der Waals surface area contributed by atoms with Gasteiger partial charge in [0.2, 0.25) is 0 Å². The Labute approximate surface area is 68.7 Å². The summed E-state index contributed by atoms with van der Waals surface area (Å²) in [4.78, 5) is 4.68. The highest BCUT2D eigenvalue weighted by molar-refractivity contribution is 4.82. The molecule has 0 atom stereocenters. The highest BCUT2D eigenvalue weighted by atomic mass is 15.2. The normalized spacial score (nSPS) is 21.1. The summed E-state index contributed by atoms with van der Waals surface area (Å²) >= 11 is 0. The molecule has 0 saturated carbocycles. The summed E-state index contributed by atoms with van der Waals surface area (Å²) in [5.74, 6) is 0. The molecule has 1 N–H and O–H groups in total. The first-order chi connectivity index (χ1) is 5.33. The highest BCUT2D eigenvalue weighted by Crippen LogP contribution is 1.98. The number of piperazine rings is 1. The summed E-state index contributed by atoms with van der Waals surface area (Å²) < 4.78 is 0. The quantitative estimate of drug-likeness (QED) is 0.602. The van der Waals surface area contributed by atoms with Crippen molar-refractivity contribution in [2.45, 2.75) is 0 Å². The van der Waals surface area contributed by atoms with E-state index in [2.05, 4.69) is 28.4 Å². The van der Waals surface area contributed by atoms with Gasteiger partial charge in [0, 0.05) is 45.6 Å². The van der Waals surface area contributed by atoms with Crippen molar-refractivity contribution in [1.29, 1.82) is 0 Å². The first-order valence-corrected chi connectivity index (χ1v) is 4.09. The van der Waals surface area contributed by atoms with Crippen molar-refractivity contribution in [2.75, 3.05) is 40.3 Å². The lowest BCUT2D eigenvalue weighted by molar-refractivity contribution is 0.198. The van der Waals surface area contributed by atoms with Crippen molar-refractivity contribution in [3.05, 3.63) is 12.4 Å². The molecule has 0 unspecified atom stereocenters. The molecule has 11 heavy (non-hydrogen) atoms. The Balaban J connectivity index is 2.22. The van der Waals surface area contributed by atoms with E-state index in [4.69, 9.17) is 0 Å². The zero-order valence-corrected chi connectivity index (χ0v) is 7.38. The average molecular weight is 155 g/mol. The van der Waals surface area contributed by atoms with Crippen molar-refractivity contribution in [3.63, 3.8) is 0 Å². The minimum absolute atomic E-state index is 1.15. The Bertz CT molecular complexity index is 125. The average Bonchev–Trinajstić information content (AvgIpc) is 2.04. The predicted molar refractivity (Wildman–Crippen MR) is 47.3 cm³/mol.